The van der Waals surface area contributed by atoms with E-state index in [1.807, 2.05) is 0 Å². The van der Waals surface area contributed by atoms with Crippen LogP contribution in [0.25, 0.3) is 0 Å². The van der Waals surface area contributed by atoms with Crippen LogP contribution in [-0.2, 0) is 20.5 Å². The summed E-state index contributed by atoms with van der Waals surface area (Å²) in [4.78, 5) is 24.0. The predicted octanol–water partition coefficient (Wildman–Crippen LogP) is 4.51. The van der Waals surface area contributed by atoms with E-state index in [2.05, 4.69) is 5.32 Å². The van der Waals surface area contributed by atoms with Crippen LogP contribution in [-0.4, -0.2) is 23.7 Å². The number of anilines is 1. The number of hydrogen-bond donors (Lipinski definition) is 1. The van der Waals surface area contributed by atoms with Crippen molar-refractivity contribution in [3.63, 3.8) is 0 Å². The Kier molecular flexibility index (Phi) is 6.84. The minimum Gasteiger partial charge on any atom is -0.452 e. The van der Waals surface area contributed by atoms with E-state index >= 15 is 0 Å². The third-order valence-corrected chi connectivity index (χ3v) is 4.36. The van der Waals surface area contributed by atoms with E-state index < -0.39 is 35.5 Å². The Labute approximate surface area is 156 Å². The number of ether oxygens (including phenoxy) is 1. The van der Waals surface area contributed by atoms with Crippen LogP contribution in [0.4, 0.5) is 23.2 Å². The minimum atomic E-state index is -4.47. The second-order valence-electron chi connectivity index (χ2n) is 5.42. The quantitative estimate of drug-likeness (QED) is 0.440. The number of amides is 1. The summed E-state index contributed by atoms with van der Waals surface area (Å²) in [6.07, 6.45) is -5.64. The maximum absolute atomic E-state index is 13.5. The molecule has 4 nitrogen and oxygen atoms in total. The lowest BCUT2D eigenvalue weighted by atomic mass is 10.2. The first-order valence-electron chi connectivity index (χ1n) is 7.72. The number of halogens is 4. The molecule has 0 fully saturated rings. The average molecular weight is 401 g/mol. The summed E-state index contributed by atoms with van der Waals surface area (Å²) in [5.41, 5.74) is -0.707. The number of nitrogens with one attached hydrogen (secondary N) is 1. The van der Waals surface area contributed by atoms with Crippen LogP contribution < -0.4 is 5.32 Å². The van der Waals surface area contributed by atoms with E-state index in [9.17, 15) is 27.2 Å². The molecule has 9 heteroatoms. The van der Waals surface area contributed by atoms with Crippen LogP contribution >= 0.6 is 11.8 Å². The largest absolute Gasteiger partial charge is 0.452 e. The third kappa shape index (κ3) is 6.28. The molecule has 0 aliphatic heterocycles. The van der Waals surface area contributed by atoms with E-state index in [-0.39, 0.29) is 16.3 Å². The van der Waals surface area contributed by atoms with Crippen molar-refractivity contribution in [3.8, 4) is 0 Å². The molecule has 1 N–H and O–H groups in total. The maximum Gasteiger partial charge on any atom is 0.416 e. The van der Waals surface area contributed by atoms with Crippen molar-refractivity contribution in [1.82, 2.24) is 0 Å². The summed E-state index contributed by atoms with van der Waals surface area (Å²) >= 11 is 0.929. The fourth-order valence-corrected chi connectivity index (χ4v) is 2.69. The van der Waals surface area contributed by atoms with E-state index in [1.165, 1.54) is 25.1 Å². The van der Waals surface area contributed by atoms with Gasteiger partial charge in [0.15, 0.2) is 6.10 Å². The molecule has 144 valence electrons. The number of esters is 1. The number of thioether (sulfide) groups is 1. The second kappa shape index (κ2) is 8.90. The van der Waals surface area contributed by atoms with Crippen molar-refractivity contribution in [3.05, 3.63) is 59.9 Å². The molecule has 0 heterocycles. The molecule has 2 rings (SSSR count). The lowest BCUT2D eigenvalue weighted by molar-refractivity contribution is -0.150. The highest BCUT2D eigenvalue weighted by atomic mass is 32.2. The van der Waals surface area contributed by atoms with Crippen LogP contribution in [0.2, 0.25) is 0 Å². The van der Waals surface area contributed by atoms with Gasteiger partial charge in [-0.2, -0.15) is 13.2 Å². The Balaban J connectivity index is 1.84. The van der Waals surface area contributed by atoms with Crippen LogP contribution in [0, 0.1) is 5.82 Å². The number of hydrogen-bond acceptors (Lipinski definition) is 4. The Morgan fingerprint density at radius 3 is 2.33 bits per heavy atom. The molecule has 0 unspecified atom stereocenters. The predicted molar refractivity (Wildman–Crippen MR) is 92.8 cm³/mol. The summed E-state index contributed by atoms with van der Waals surface area (Å²) in [7, 11) is 0. The van der Waals surface area contributed by atoms with E-state index in [0.29, 0.717) is 0 Å². The molecule has 0 aromatic heterocycles. The molecule has 1 amide bonds. The number of rotatable bonds is 6. The van der Waals surface area contributed by atoms with Crippen molar-refractivity contribution in [1.29, 1.82) is 0 Å². The highest BCUT2D eigenvalue weighted by molar-refractivity contribution is 8.00. The zero-order chi connectivity index (χ0) is 20.0. The molecule has 0 aliphatic rings. The fraction of sp³-hybridized carbons (Fsp3) is 0.222. The van der Waals surface area contributed by atoms with Gasteiger partial charge in [-0.15, -0.1) is 11.8 Å². The first-order valence-corrected chi connectivity index (χ1v) is 8.70. The number of carbonyl (C=O) groups excluding carboxylic acids is 2. The molecular formula is C18H15F4NO3S. The summed E-state index contributed by atoms with van der Waals surface area (Å²) < 4.78 is 55.9. The Bertz CT molecular complexity index is 809. The number of benzene rings is 2. The van der Waals surface area contributed by atoms with Crippen LogP contribution in [0.15, 0.2) is 53.4 Å². The van der Waals surface area contributed by atoms with Crippen molar-refractivity contribution >= 4 is 29.3 Å². The molecule has 2 aromatic rings. The molecule has 2 aromatic carbocycles. The fourth-order valence-electron chi connectivity index (χ4n) is 1.97. The average Bonchev–Trinajstić information content (AvgIpc) is 2.60. The van der Waals surface area contributed by atoms with E-state index in [4.69, 9.17) is 4.74 Å². The standard InChI is InChI=1S/C18H15F4NO3S/c1-11(26-16(24)10-27-15-5-3-2-4-14(15)19)17(25)23-13-8-6-12(7-9-13)18(20,21)22/h2-9,11H,10H2,1H3,(H,23,25)/t11-/m0/s1. The molecule has 0 aliphatic carbocycles. The van der Waals surface area contributed by atoms with Gasteiger partial charge in [0.05, 0.1) is 11.3 Å². The molecule has 0 radical (unpaired) electrons. The van der Waals surface area contributed by atoms with Gasteiger partial charge in [-0.25, -0.2) is 4.39 Å². The van der Waals surface area contributed by atoms with Gasteiger partial charge < -0.3 is 10.1 Å². The van der Waals surface area contributed by atoms with Crippen LogP contribution in [0.5, 0.6) is 0 Å². The highest BCUT2D eigenvalue weighted by Gasteiger charge is 2.30. The van der Waals surface area contributed by atoms with Gasteiger partial charge in [0.2, 0.25) is 0 Å². The van der Waals surface area contributed by atoms with E-state index in [1.54, 1.807) is 6.07 Å². The maximum atomic E-state index is 13.5. The molecule has 0 saturated carbocycles. The molecule has 27 heavy (non-hydrogen) atoms. The summed E-state index contributed by atoms with van der Waals surface area (Å²) in [5, 5.41) is 2.36. The molecule has 0 saturated heterocycles. The Morgan fingerprint density at radius 1 is 1.11 bits per heavy atom. The molecule has 1 atom stereocenters. The first kappa shape index (κ1) is 20.8. The molecule has 0 spiro atoms. The topological polar surface area (TPSA) is 55.4 Å². The van der Waals surface area contributed by atoms with Crippen molar-refractivity contribution in [2.75, 3.05) is 11.1 Å². The van der Waals surface area contributed by atoms with Crippen molar-refractivity contribution in [2.45, 2.75) is 24.1 Å². The Hall–Kier alpha value is -2.55. The number of alkyl halides is 3. The lowest BCUT2D eigenvalue weighted by Crippen LogP contribution is -2.30. The zero-order valence-electron chi connectivity index (χ0n) is 14.0. The van der Waals surface area contributed by atoms with E-state index in [0.717, 1.165) is 36.0 Å². The van der Waals surface area contributed by atoms with Gasteiger partial charge in [0, 0.05) is 10.6 Å². The summed E-state index contributed by atoms with van der Waals surface area (Å²) in [6.45, 7) is 1.32. The van der Waals surface area contributed by atoms with Gasteiger partial charge in [-0.1, -0.05) is 12.1 Å². The SMILES string of the molecule is C[C@H](OC(=O)CSc1ccccc1F)C(=O)Nc1ccc(C(F)(F)F)cc1. The van der Waals surface area contributed by atoms with Gasteiger partial charge in [-0.3, -0.25) is 9.59 Å². The lowest BCUT2D eigenvalue weighted by Gasteiger charge is -2.14. The van der Waals surface area contributed by atoms with Gasteiger partial charge >= 0.3 is 12.1 Å². The molecule has 0 bridgehead atoms. The minimum absolute atomic E-state index is 0.136. The van der Waals surface area contributed by atoms with Gasteiger partial charge in [0.1, 0.15) is 5.82 Å². The monoisotopic (exact) mass is 401 g/mol. The normalized spacial score (nSPS) is 12.3. The van der Waals surface area contributed by atoms with Gasteiger partial charge in [0.25, 0.3) is 5.91 Å². The van der Waals surface area contributed by atoms with Crippen LogP contribution in [0.1, 0.15) is 12.5 Å². The summed E-state index contributed by atoms with van der Waals surface area (Å²) in [6, 6.07) is 9.77. The van der Waals surface area contributed by atoms with Crippen molar-refractivity contribution < 1.29 is 31.9 Å². The summed E-state index contributed by atoms with van der Waals surface area (Å²) in [5.74, 6) is -2.08. The number of carbonyl (C=O) groups is 2. The third-order valence-electron chi connectivity index (χ3n) is 3.34. The highest BCUT2D eigenvalue weighted by Crippen LogP contribution is 2.29. The zero-order valence-corrected chi connectivity index (χ0v) is 14.9. The smallest absolute Gasteiger partial charge is 0.416 e. The first-order chi connectivity index (χ1) is 12.7. The van der Waals surface area contributed by atoms with Crippen molar-refractivity contribution in [2.24, 2.45) is 0 Å². The van der Waals surface area contributed by atoms with Crippen LogP contribution in [0.3, 0.4) is 0 Å². The van der Waals surface area contributed by atoms with Gasteiger partial charge in [-0.05, 0) is 43.3 Å². The molecular weight excluding hydrogens is 386 g/mol. The second-order valence-corrected chi connectivity index (χ2v) is 6.43. The Morgan fingerprint density at radius 2 is 1.74 bits per heavy atom.